The van der Waals surface area contributed by atoms with E-state index in [0.29, 0.717) is 12.3 Å². The quantitative estimate of drug-likeness (QED) is 0.560. The van der Waals surface area contributed by atoms with Crippen LogP contribution in [0.4, 0.5) is 0 Å². The molecule has 0 spiro atoms. The summed E-state index contributed by atoms with van der Waals surface area (Å²) in [7, 11) is 4.08. The zero-order valence-corrected chi connectivity index (χ0v) is 16.6. The molecule has 0 aliphatic heterocycles. The Bertz CT molecular complexity index is 655. The van der Waals surface area contributed by atoms with E-state index >= 15 is 0 Å². The van der Waals surface area contributed by atoms with Crippen LogP contribution in [0.2, 0.25) is 0 Å². The van der Waals surface area contributed by atoms with Gasteiger partial charge in [0.2, 0.25) is 5.91 Å². The average molecular weight is 367 g/mol. The lowest BCUT2D eigenvalue weighted by molar-refractivity contribution is -0.119. The topological polar surface area (TPSA) is 67.2 Å². The summed E-state index contributed by atoms with van der Waals surface area (Å²) in [4.78, 5) is 30.9. The summed E-state index contributed by atoms with van der Waals surface area (Å²) in [6.07, 6.45) is 5.05. The van der Waals surface area contributed by atoms with Gasteiger partial charge in [0, 0.05) is 23.8 Å². The number of nitrogens with zero attached hydrogens (tertiary/aromatic N) is 3. The van der Waals surface area contributed by atoms with Gasteiger partial charge in [-0.3, -0.25) is 9.36 Å². The van der Waals surface area contributed by atoms with Crippen molar-refractivity contribution in [2.45, 2.75) is 63.6 Å². The molecule has 6 nitrogen and oxygen atoms in total. The van der Waals surface area contributed by atoms with Crippen molar-refractivity contribution >= 4 is 17.7 Å². The lowest BCUT2D eigenvalue weighted by Crippen LogP contribution is -2.33. The lowest BCUT2D eigenvalue weighted by Gasteiger charge is -2.23. The molecule has 2 rings (SSSR count). The minimum Gasteiger partial charge on any atom is -0.353 e. The normalized spacial score (nSPS) is 14.0. The van der Waals surface area contributed by atoms with Gasteiger partial charge in [-0.2, -0.15) is 4.98 Å². The molecule has 1 aromatic rings. The molecular formula is C18H30N4O2S. The number of carbonyl (C=O) groups is 1. The first-order chi connectivity index (χ1) is 11.9. The number of rotatable bonds is 8. The second-order valence-corrected chi connectivity index (χ2v) is 8.12. The van der Waals surface area contributed by atoms with Crippen molar-refractivity contribution in [1.29, 1.82) is 0 Å². The van der Waals surface area contributed by atoms with Crippen molar-refractivity contribution in [3.05, 3.63) is 21.7 Å². The Morgan fingerprint density at radius 2 is 2.04 bits per heavy atom. The molecule has 1 N–H and O–H groups in total. The number of aromatic nitrogens is 2. The van der Waals surface area contributed by atoms with E-state index in [2.05, 4.69) is 15.2 Å². The fraction of sp³-hybridized carbons (Fsp3) is 0.722. The molecule has 0 unspecified atom stereocenters. The Balaban J connectivity index is 2.17. The molecule has 0 saturated heterocycles. The number of hydrogen-bond acceptors (Lipinski definition) is 5. The van der Waals surface area contributed by atoms with E-state index in [0.717, 1.165) is 49.4 Å². The predicted octanol–water partition coefficient (Wildman–Crippen LogP) is 1.69. The summed E-state index contributed by atoms with van der Waals surface area (Å²) in [5.41, 5.74) is 2.14. The maximum atomic E-state index is 12.5. The minimum absolute atomic E-state index is 0.0125. The number of carbonyl (C=O) groups excluding carboxylic acids is 1. The first kappa shape index (κ1) is 20.0. The number of fused-ring (bicyclic) bond motifs is 1. The lowest BCUT2D eigenvalue weighted by atomic mass is 9.97. The molecule has 1 amide bonds. The maximum Gasteiger partial charge on any atom is 0.348 e. The van der Waals surface area contributed by atoms with Crippen LogP contribution in [0.25, 0.3) is 0 Å². The molecule has 0 aromatic carbocycles. The van der Waals surface area contributed by atoms with Crippen molar-refractivity contribution in [3.63, 3.8) is 0 Å². The summed E-state index contributed by atoms with van der Waals surface area (Å²) in [5.74, 6) is 0.295. The Hall–Kier alpha value is -1.34. The highest BCUT2D eigenvalue weighted by atomic mass is 32.2. The van der Waals surface area contributed by atoms with Crippen LogP contribution in [0.1, 0.15) is 44.4 Å². The van der Waals surface area contributed by atoms with Crippen LogP contribution >= 0.6 is 11.8 Å². The monoisotopic (exact) mass is 366 g/mol. The van der Waals surface area contributed by atoms with Crippen LogP contribution < -0.4 is 11.0 Å². The molecule has 0 fully saturated rings. The van der Waals surface area contributed by atoms with Gasteiger partial charge in [-0.05, 0) is 66.6 Å². The van der Waals surface area contributed by atoms with E-state index in [1.54, 1.807) is 0 Å². The highest BCUT2D eigenvalue weighted by Crippen LogP contribution is 2.28. The number of thioether (sulfide) groups is 1. The summed E-state index contributed by atoms with van der Waals surface area (Å²) in [5, 5.41) is 3.63. The van der Waals surface area contributed by atoms with E-state index in [1.165, 1.54) is 17.3 Å². The van der Waals surface area contributed by atoms with Crippen LogP contribution in [0.3, 0.4) is 0 Å². The van der Waals surface area contributed by atoms with Crippen LogP contribution in [-0.4, -0.2) is 52.8 Å². The Kier molecular flexibility index (Phi) is 7.50. The molecule has 7 heteroatoms. The van der Waals surface area contributed by atoms with Crippen molar-refractivity contribution in [1.82, 2.24) is 19.8 Å². The van der Waals surface area contributed by atoms with Crippen molar-refractivity contribution in [2.75, 3.05) is 26.4 Å². The zero-order chi connectivity index (χ0) is 18.4. The number of nitrogens with one attached hydrogen (secondary N) is 1. The molecule has 1 aliphatic carbocycles. The fourth-order valence-electron chi connectivity index (χ4n) is 3.14. The molecule has 1 aromatic heterocycles. The van der Waals surface area contributed by atoms with Gasteiger partial charge in [-0.15, -0.1) is 0 Å². The van der Waals surface area contributed by atoms with Crippen LogP contribution in [0.15, 0.2) is 9.82 Å². The van der Waals surface area contributed by atoms with Crippen molar-refractivity contribution in [2.24, 2.45) is 0 Å². The van der Waals surface area contributed by atoms with Gasteiger partial charge in [-0.1, -0.05) is 11.8 Å². The Labute approximate surface area is 154 Å². The van der Waals surface area contributed by atoms with Gasteiger partial charge in [-0.25, -0.2) is 4.79 Å². The molecule has 25 heavy (non-hydrogen) atoms. The van der Waals surface area contributed by atoms with Gasteiger partial charge < -0.3 is 10.2 Å². The first-order valence-electron chi connectivity index (χ1n) is 9.08. The summed E-state index contributed by atoms with van der Waals surface area (Å²) in [6, 6.07) is 0.125. The van der Waals surface area contributed by atoms with Crippen LogP contribution in [0, 0.1) is 0 Å². The van der Waals surface area contributed by atoms with Crippen LogP contribution in [0.5, 0.6) is 0 Å². The first-order valence-corrected chi connectivity index (χ1v) is 10.1. The van der Waals surface area contributed by atoms with Gasteiger partial charge in [0.15, 0.2) is 0 Å². The Morgan fingerprint density at radius 3 is 2.72 bits per heavy atom. The molecule has 1 heterocycles. The SMILES string of the molecule is CC(C)NC(=O)CSc1nc(=O)n(CCCN(C)C)c2c1CCCC2. The highest BCUT2D eigenvalue weighted by molar-refractivity contribution is 7.99. The van der Waals surface area contributed by atoms with Gasteiger partial charge in [0.1, 0.15) is 5.03 Å². The molecule has 1 aliphatic rings. The number of hydrogen-bond donors (Lipinski definition) is 1. The third-order valence-corrected chi connectivity index (χ3v) is 5.25. The molecule has 0 radical (unpaired) electrons. The predicted molar refractivity (Wildman–Crippen MR) is 102 cm³/mol. The maximum absolute atomic E-state index is 12.5. The summed E-state index contributed by atoms with van der Waals surface area (Å²) < 4.78 is 1.86. The zero-order valence-electron chi connectivity index (χ0n) is 15.8. The Morgan fingerprint density at radius 1 is 1.32 bits per heavy atom. The second-order valence-electron chi connectivity index (χ2n) is 7.15. The van der Waals surface area contributed by atoms with Crippen LogP contribution in [-0.2, 0) is 24.2 Å². The molecular weight excluding hydrogens is 336 g/mol. The van der Waals surface area contributed by atoms with Gasteiger partial charge in [0.25, 0.3) is 0 Å². The number of amides is 1. The third kappa shape index (κ3) is 5.85. The van der Waals surface area contributed by atoms with E-state index in [9.17, 15) is 9.59 Å². The van der Waals surface area contributed by atoms with Crippen molar-refractivity contribution < 1.29 is 4.79 Å². The van der Waals surface area contributed by atoms with E-state index in [1.807, 2.05) is 32.5 Å². The third-order valence-electron chi connectivity index (χ3n) is 4.23. The molecule has 0 bridgehead atoms. The van der Waals surface area contributed by atoms with Gasteiger partial charge >= 0.3 is 5.69 Å². The minimum atomic E-state index is -0.175. The average Bonchev–Trinajstić information content (AvgIpc) is 2.54. The van der Waals surface area contributed by atoms with E-state index in [-0.39, 0.29) is 17.6 Å². The van der Waals surface area contributed by atoms with E-state index < -0.39 is 0 Å². The molecule has 0 saturated carbocycles. The summed E-state index contributed by atoms with van der Waals surface area (Å²) in [6.45, 7) is 5.55. The fourth-order valence-corrected chi connectivity index (χ4v) is 4.03. The van der Waals surface area contributed by atoms with Crippen molar-refractivity contribution in [3.8, 4) is 0 Å². The summed E-state index contributed by atoms with van der Waals surface area (Å²) >= 11 is 1.39. The smallest absolute Gasteiger partial charge is 0.348 e. The molecule has 0 atom stereocenters. The van der Waals surface area contributed by atoms with E-state index in [4.69, 9.17) is 0 Å². The molecule has 140 valence electrons. The highest BCUT2D eigenvalue weighted by Gasteiger charge is 2.21. The van der Waals surface area contributed by atoms with Gasteiger partial charge in [0.05, 0.1) is 5.75 Å². The standard InChI is InChI=1S/C18H30N4O2S/c1-13(2)19-16(23)12-25-17-14-8-5-6-9-15(14)22(18(24)20-17)11-7-10-21(3)4/h13H,5-12H2,1-4H3,(H,19,23). The second kappa shape index (κ2) is 9.38. The largest absolute Gasteiger partial charge is 0.353 e.